The first-order valence-corrected chi connectivity index (χ1v) is 5.80. The fraction of sp³-hybridized carbons (Fsp3) is 0.200. The van der Waals surface area contributed by atoms with Gasteiger partial charge in [0.1, 0.15) is 0 Å². The maximum absolute atomic E-state index is 9.14. The van der Waals surface area contributed by atoms with Crippen molar-refractivity contribution >= 4 is 0 Å². The smallest absolute Gasteiger partial charge is 0.0995 e. The van der Waals surface area contributed by atoms with Crippen molar-refractivity contribution in [1.29, 1.82) is 5.26 Å². The highest BCUT2D eigenvalue weighted by Gasteiger charge is 2.10. The fourth-order valence-electron chi connectivity index (χ4n) is 1.95. The van der Waals surface area contributed by atoms with Crippen LogP contribution < -0.4 is 0 Å². The van der Waals surface area contributed by atoms with Crippen LogP contribution in [0.2, 0.25) is 0 Å². The number of benzene rings is 1. The van der Waals surface area contributed by atoms with Gasteiger partial charge in [-0.25, -0.2) is 0 Å². The SMILES string of the molecule is CCCc1c(C#N)ccnc1-c1ccccc1. The zero-order valence-electron chi connectivity index (χ0n) is 9.85. The van der Waals surface area contributed by atoms with E-state index in [-0.39, 0.29) is 0 Å². The summed E-state index contributed by atoms with van der Waals surface area (Å²) in [4.78, 5) is 4.43. The van der Waals surface area contributed by atoms with E-state index in [0.717, 1.165) is 35.2 Å². The van der Waals surface area contributed by atoms with E-state index < -0.39 is 0 Å². The van der Waals surface area contributed by atoms with Crippen LogP contribution >= 0.6 is 0 Å². The van der Waals surface area contributed by atoms with E-state index in [0.29, 0.717) is 0 Å². The highest BCUT2D eigenvalue weighted by Crippen LogP contribution is 2.24. The average molecular weight is 222 g/mol. The van der Waals surface area contributed by atoms with Crippen LogP contribution in [-0.4, -0.2) is 4.98 Å². The third kappa shape index (κ3) is 2.34. The Hall–Kier alpha value is -2.14. The van der Waals surface area contributed by atoms with Gasteiger partial charge >= 0.3 is 0 Å². The Labute approximate surface area is 102 Å². The molecule has 0 atom stereocenters. The zero-order chi connectivity index (χ0) is 12.1. The fourth-order valence-corrected chi connectivity index (χ4v) is 1.95. The van der Waals surface area contributed by atoms with Gasteiger partial charge in [0.25, 0.3) is 0 Å². The predicted molar refractivity (Wildman–Crippen MR) is 68.4 cm³/mol. The summed E-state index contributed by atoms with van der Waals surface area (Å²) >= 11 is 0. The van der Waals surface area contributed by atoms with Gasteiger partial charge in [-0.05, 0) is 18.1 Å². The lowest BCUT2D eigenvalue weighted by Crippen LogP contribution is -1.97. The zero-order valence-corrected chi connectivity index (χ0v) is 9.85. The van der Waals surface area contributed by atoms with Crippen LogP contribution in [0.5, 0.6) is 0 Å². The van der Waals surface area contributed by atoms with Crippen LogP contribution in [0.4, 0.5) is 0 Å². The Kier molecular flexibility index (Phi) is 3.52. The molecule has 17 heavy (non-hydrogen) atoms. The van der Waals surface area contributed by atoms with Crippen molar-refractivity contribution in [3.63, 3.8) is 0 Å². The standard InChI is InChI=1S/C15H14N2/c1-2-6-14-13(11-16)9-10-17-15(14)12-7-4-3-5-8-12/h3-5,7-10H,2,6H2,1H3. The first-order chi connectivity index (χ1) is 8.36. The van der Waals surface area contributed by atoms with E-state index in [4.69, 9.17) is 5.26 Å². The van der Waals surface area contributed by atoms with Crippen LogP contribution in [0.25, 0.3) is 11.3 Å². The van der Waals surface area contributed by atoms with Gasteiger partial charge in [0.05, 0.1) is 17.3 Å². The summed E-state index contributed by atoms with van der Waals surface area (Å²) in [5, 5.41) is 9.14. The van der Waals surface area contributed by atoms with E-state index in [9.17, 15) is 0 Å². The monoisotopic (exact) mass is 222 g/mol. The summed E-state index contributed by atoms with van der Waals surface area (Å²) in [6.45, 7) is 2.11. The Morgan fingerprint density at radius 3 is 2.59 bits per heavy atom. The molecule has 2 aromatic rings. The number of hydrogen-bond acceptors (Lipinski definition) is 2. The van der Waals surface area contributed by atoms with E-state index in [2.05, 4.69) is 18.0 Å². The molecular formula is C15H14N2. The largest absolute Gasteiger partial charge is 0.256 e. The lowest BCUT2D eigenvalue weighted by molar-refractivity contribution is 0.912. The minimum atomic E-state index is 0.737. The van der Waals surface area contributed by atoms with Crippen molar-refractivity contribution in [2.45, 2.75) is 19.8 Å². The van der Waals surface area contributed by atoms with Crippen molar-refractivity contribution in [2.75, 3.05) is 0 Å². The summed E-state index contributed by atoms with van der Waals surface area (Å²) in [6.07, 6.45) is 3.61. The number of nitriles is 1. The first kappa shape index (κ1) is 11.3. The van der Waals surface area contributed by atoms with Crippen molar-refractivity contribution in [1.82, 2.24) is 4.98 Å². The summed E-state index contributed by atoms with van der Waals surface area (Å²) in [7, 11) is 0. The quantitative estimate of drug-likeness (QED) is 0.796. The van der Waals surface area contributed by atoms with Crippen molar-refractivity contribution in [3.8, 4) is 17.3 Å². The number of aromatic nitrogens is 1. The van der Waals surface area contributed by atoms with Gasteiger partial charge < -0.3 is 0 Å². The van der Waals surface area contributed by atoms with Gasteiger partial charge in [-0.1, -0.05) is 43.7 Å². The van der Waals surface area contributed by atoms with Gasteiger partial charge in [0.15, 0.2) is 0 Å². The molecule has 0 aliphatic heterocycles. The molecule has 0 N–H and O–H groups in total. The van der Waals surface area contributed by atoms with E-state index in [1.807, 2.05) is 30.3 Å². The maximum atomic E-state index is 9.14. The molecule has 0 bridgehead atoms. The van der Waals surface area contributed by atoms with Crippen LogP contribution in [0.1, 0.15) is 24.5 Å². The molecule has 1 aromatic carbocycles. The molecule has 1 aromatic heterocycles. The van der Waals surface area contributed by atoms with Crippen LogP contribution in [0.3, 0.4) is 0 Å². The third-order valence-corrected chi connectivity index (χ3v) is 2.72. The van der Waals surface area contributed by atoms with Gasteiger partial charge in [-0.15, -0.1) is 0 Å². The molecule has 1 heterocycles. The number of nitrogens with zero attached hydrogens (tertiary/aromatic N) is 2. The van der Waals surface area contributed by atoms with E-state index >= 15 is 0 Å². The molecule has 2 heteroatoms. The van der Waals surface area contributed by atoms with Gasteiger partial charge in [0, 0.05) is 11.8 Å². The Bertz CT molecular complexity index is 539. The van der Waals surface area contributed by atoms with Gasteiger partial charge in [-0.3, -0.25) is 4.98 Å². The minimum Gasteiger partial charge on any atom is -0.256 e. The molecule has 0 unspecified atom stereocenters. The second-order valence-electron chi connectivity index (χ2n) is 3.91. The number of pyridine rings is 1. The summed E-state index contributed by atoms with van der Waals surface area (Å²) in [5.41, 5.74) is 3.81. The van der Waals surface area contributed by atoms with E-state index in [1.165, 1.54) is 0 Å². The van der Waals surface area contributed by atoms with Crippen molar-refractivity contribution < 1.29 is 0 Å². The van der Waals surface area contributed by atoms with Crippen molar-refractivity contribution in [3.05, 3.63) is 53.7 Å². The second-order valence-corrected chi connectivity index (χ2v) is 3.91. The Morgan fingerprint density at radius 2 is 1.94 bits per heavy atom. The van der Waals surface area contributed by atoms with Gasteiger partial charge in [0.2, 0.25) is 0 Å². The van der Waals surface area contributed by atoms with Crippen molar-refractivity contribution in [2.24, 2.45) is 0 Å². The molecule has 0 spiro atoms. The lowest BCUT2D eigenvalue weighted by Gasteiger charge is -2.09. The molecule has 0 saturated carbocycles. The van der Waals surface area contributed by atoms with Crippen LogP contribution in [0.15, 0.2) is 42.6 Å². The topological polar surface area (TPSA) is 36.7 Å². The minimum absolute atomic E-state index is 0.737. The normalized spacial score (nSPS) is 9.88. The van der Waals surface area contributed by atoms with Gasteiger partial charge in [-0.2, -0.15) is 5.26 Å². The highest BCUT2D eigenvalue weighted by molar-refractivity contribution is 5.65. The molecule has 0 radical (unpaired) electrons. The predicted octanol–water partition coefficient (Wildman–Crippen LogP) is 3.57. The van der Waals surface area contributed by atoms with E-state index in [1.54, 1.807) is 12.3 Å². The Morgan fingerprint density at radius 1 is 1.18 bits per heavy atom. The third-order valence-electron chi connectivity index (χ3n) is 2.72. The molecule has 0 amide bonds. The molecule has 2 rings (SSSR count). The molecule has 84 valence electrons. The highest BCUT2D eigenvalue weighted by atomic mass is 14.7. The van der Waals surface area contributed by atoms with Crippen LogP contribution in [0, 0.1) is 11.3 Å². The molecule has 0 fully saturated rings. The molecule has 0 aliphatic rings. The maximum Gasteiger partial charge on any atom is 0.0995 e. The number of hydrogen-bond donors (Lipinski definition) is 0. The lowest BCUT2D eigenvalue weighted by atomic mass is 9.98. The number of rotatable bonds is 3. The molecule has 0 aliphatic carbocycles. The molecular weight excluding hydrogens is 208 g/mol. The Balaban J connectivity index is 2.58. The summed E-state index contributed by atoms with van der Waals surface area (Å²) < 4.78 is 0. The molecule has 2 nitrogen and oxygen atoms in total. The average Bonchev–Trinajstić information content (AvgIpc) is 2.40. The van der Waals surface area contributed by atoms with Crippen LogP contribution in [-0.2, 0) is 6.42 Å². The summed E-state index contributed by atoms with van der Waals surface area (Å²) in [5.74, 6) is 0. The molecule has 0 saturated heterocycles. The first-order valence-electron chi connectivity index (χ1n) is 5.80. The second kappa shape index (κ2) is 5.27. The summed E-state index contributed by atoms with van der Waals surface area (Å²) in [6, 6.07) is 14.1.